The molecule has 0 N–H and O–H groups in total. The molecule has 2 heterocycles. The van der Waals surface area contributed by atoms with Crippen LogP contribution in [0.25, 0.3) is 5.43 Å². The number of anilines is 2. The molecule has 8 nitrogen and oxygen atoms in total. The van der Waals surface area contributed by atoms with E-state index in [1.54, 1.807) is 16.9 Å². The van der Waals surface area contributed by atoms with E-state index in [2.05, 4.69) is 4.90 Å². The van der Waals surface area contributed by atoms with Crippen molar-refractivity contribution in [3.8, 4) is 0 Å². The van der Waals surface area contributed by atoms with Crippen LogP contribution in [0.5, 0.6) is 0 Å². The van der Waals surface area contributed by atoms with Crippen molar-refractivity contribution in [1.82, 2.24) is 0 Å². The minimum absolute atomic E-state index is 0.00850. The summed E-state index contributed by atoms with van der Waals surface area (Å²) in [4.78, 5) is 16.9. The number of hydrogen-bond donors (Lipinski definition) is 0. The van der Waals surface area contributed by atoms with Gasteiger partial charge in [0.15, 0.2) is 16.4 Å². The second-order valence-corrected chi connectivity index (χ2v) is 10.3. The Balaban J connectivity index is 1.61. The second-order valence-electron chi connectivity index (χ2n) is 9.96. The quantitative estimate of drug-likeness (QED) is 0.0897. The summed E-state index contributed by atoms with van der Waals surface area (Å²) in [6.07, 6.45) is 0. The number of nitro benzene ring substituents is 1. The first kappa shape index (κ1) is 25.6. The first-order valence-electron chi connectivity index (χ1n) is 13.4. The predicted molar refractivity (Wildman–Crippen MR) is 165 cm³/mol. The van der Waals surface area contributed by atoms with Crippen LogP contribution in [0.2, 0.25) is 0 Å². The van der Waals surface area contributed by atoms with Gasteiger partial charge >= 0.3 is 0 Å². The molecule has 7 rings (SSSR count). The van der Waals surface area contributed by atoms with Crippen molar-refractivity contribution in [3.63, 3.8) is 0 Å². The molecule has 1 fully saturated rings. The SMILES string of the molecule is O=[N+]([O-])c1ccc(N2C(=S)N(c3ccccc3)C3(c4ccccc4)N=[N+](c4ccccc4)[N-]C23c2ccccc2)cc1. The lowest BCUT2D eigenvalue weighted by Gasteiger charge is -2.46. The van der Waals surface area contributed by atoms with Crippen LogP contribution in [0.4, 0.5) is 22.7 Å². The standard InChI is InChI=1S/C33H24N6O2S/c40-39(41)30-23-21-28(22-24-30)37-31(42)36(27-17-9-3-10-18-27)32(25-13-5-1-6-14-25)33(37,26-15-7-2-8-16-26)35-38(34-32)29-19-11-4-12-20-29/h1-24H. The zero-order valence-corrected chi connectivity index (χ0v) is 23.1. The van der Waals surface area contributed by atoms with Gasteiger partial charge in [-0.3, -0.25) is 10.1 Å². The smallest absolute Gasteiger partial charge is 0.269 e. The highest BCUT2D eigenvalue weighted by atomic mass is 32.1. The number of non-ortho nitro benzene ring substituents is 1. The first-order valence-corrected chi connectivity index (χ1v) is 13.8. The Hall–Kier alpha value is -5.41. The van der Waals surface area contributed by atoms with Crippen LogP contribution in [0.3, 0.4) is 0 Å². The maximum atomic E-state index is 11.6. The Morgan fingerprint density at radius 3 is 1.74 bits per heavy atom. The van der Waals surface area contributed by atoms with Crippen molar-refractivity contribution >= 4 is 40.1 Å². The molecular weight excluding hydrogens is 544 g/mol. The molecular formula is C33H24N6O2S. The topological polar surface area (TPSA) is 79.1 Å². The number of nitro groups is 1. The lowest BCUT2D eigenvalue weighted by Crippen LogP contribution is -2.53. The summed E-state index contributed by atoms with van der Waals surface area (Å²) in [5.41, 5.74) is 7.01. The number of thiocarbonyl (C=S) groups is 1. The van der Waals surface area contributed by atoms with Crippen molar-refractivity contribution in [1.29, 1.82) is 0 Å². The molecule has 1 saturated heterocycles. The second kappa shape index (κ2) is 9.90. The van der Waals surface area contributed by atoms with E-state index in [1.165, 1.54) is 12.1 Å². The largest absolute Gasteiger partial charge is 0.300 e. The average molecular weight is 569 g/mol. The molecule has 0 radical (unpaired) electrons. The number of fused-ring (bicyclic) bond motifs is 1. The lowest BCUT2D eigenvalue weighted by atomic mass is 9.81. The Morgan fingerprint density at radius 2 is 1.17 bits per heavy atom. The van der Waals surface area contributed by atoms with E-state index >= 15 is 0 Å². The Kier molecular flexibility index (Phi) is 6.02. The molecule has 0 aromatic heterocycles. The van der Waals surface area contributed by atoms with E-state index < -0.39 is 16.2 Å². The first-order chi connectivity index (χ1) is 20.6. The third-order valence-electron chi connectivity index (χ3n) is 7.67. The zero-order valence-electron chi connectivity index (χ0n) is 22.3. The Labute approximate surface area is 247 Å². The van der Waals surface area contributed by atoms with Gasteiger partial charge in [0.1, 0.15) is 0 Å². The number of hydrogen-bond acceptors (Lipinski definition) is 4. The number of benzene rings is 5. The van der Waals surface area contributed by atoms with Crippen LogP contribution in [0.1, 0.15) is 11.1 Å². The molecule has 2 unspecified atom stereocenters. The van der Waals surface area contributed by atoms with Gasteiger partial charge in [-0.25, -0.2) is 0 Å². The van der Waals surface area contributed by atoms with Gasteiger partial charge in [-0.15, -0.1) is 4.81 Å². The molecule has 0 aliphatic carbocycles. The van der Waals surface area contributed by atoms with Gasteiger partial charge in [0.05, 0.1) is 4.92 Å². The van der Waals surface area contributed by atoms with E-state index in [4.69, 9.17) is 22.8 Å². The van der Waals surface area contributed by atoms with Gasteiger partial charge in [0.2, 0.25) is 5.69 Å². The van der Waals surface area contributed by atoms with Crippen LogP contribution in [0.15, 0.2) is 151 Å². The van der Waals surface area contributed by atoms with Crippen LogP contribution in [-0.4, -0.2) is 14.8 Å². The summed E-state index contributed by atoms with van der Waals surface area (Å²) in [5.74, 6) is 0. The molecule has 0 amide bonds. The summed E-state index contributed by atoms with van der Waals surface area (Å²) in [6.45, 7) is 0. The van der Waals surface area contributed by atoms with Crippen molar-refractivity contribution in [2.75, 3.05) is 9.80 Å². The summed E-state index contributed by atoms with van der Waals surface area (Å²) < 4.78 is 0. The minimum Gasteiger partial charge on any atom is -0.300 e. The lowest BCUT2D eigenvalue weighted by molar-refractivity contribution is -0.457. The Bertz CT molecular complexity index is 1800. The van der Waals surface area contributed by atoms with E-state index in [0.717, 1.165) is 22.5 Å². The fourth-order valence-electron chi connectivity index (χ4n) is 5.90. The van der Waals surface area contributed by atoms with E-state index in [9.17, 15) is 10.1 Å². The van der Waals surface area contributed by atoms with Gasteiger partial charge in [0, 0.05) is 35.6 Å². The number of rotatable bonds is 6. The minimum atomic E-state index is -1.24. The van der Waals surface area contributed by atoms with Gasteiger partial charge in [-0.2, -0.15) is 10.5 Å². The van der Waals surface area contributed by atoms with E-state index in [0.29, 0.717) is 10.8 Å². The maximum Gasteiger partial charge on any atom is 0.269 e. The average Bonchev–Trinajstić information content (AvgIpc) is 3.50. The molecule has 5 aromatic rings. The molecule has 42 heavy (non-hydrogen) atoms. The molecule has 0 bridgehead atoms. The molecule has 204 valence electrons. The summed E-state index contributed by atoms with van der Waals surface area (Å²) in [7, 11) is 0. The van der Waals surface area contributed by atoms with Crippen molar-refractivity contribution in [2.45, 2.75) is 11.3 Å². The highest BCUT2D eigenvalue weighted by Crippen LogP contribution is 2.64. The Morgan fingerprint density at radius 1 is 0.667 bits per heavy atom. The van der Waals surface area contributed by atoms with Gasteiger partial charge in [0.25, 0.3) is 5.69 Å². The van der Waals surface area contributed by atoms with Crippen LogP contribution in [-0.2, 0) is 11.3 Å². The van der Waals surface area contributed by atoms with Gasteiger partial charge in [-0.1, -0.05) is 97.1 Å². The number of nitrogens with zero attached hydrogens (tertiary/aromatic N) is 6. The van der Waals surface area contributed by atoms with Gasteiger partial charge in [-0.05, 0) is 47.6 Å². The maximum absolute atomic E-state index is 11.6. The van der Waals surface area contributed by atoms with Crippen molar-refractivity contribution in [2.24, 2.45) is 5.11 Å². The third kappa shape index (κ3) is 3.64. The fraction of sp³-hybridized carbons (Fsp3) is 0.0606. The molecule has 0 spiro atoms. The number of para-hydroxylation sites is 2. The zero-order chi connectivity index (χ0) is 28.7. The van der Waals surface area contributed by atoms with Crippen molar-refractivity contribution < 1.29 is 9.73 Å². The molecule has 0 saturated carbocycles. The summed E-state index contributed by atoms with van der Waals surface area (Å²) >= 11 is 6.34. The van der Waals surface area contributed by atoms with Crippen LogP contribution < -0.4 is 9.80 Å². The highest BCUT2D eigenvalue weighted by Gasteiger charge is 2.70. The summed E-state index contributed by atoms with van der Waals surface area (Å²) in [5, 5.41) is 17.5. The molecule has 2 aliphatic heterocycles. The fourth-order valence-corrected chi connectivity index (χ4v) is 6.38. The number of azo groups is 1. The van der Waals surface area contributed by atoms with Crippen LogP contribution >= 0.6 is 12.2 Å². The van der Waals surface area contributed by atoms with Crippen molar-refractivity contribution in [3.05, 3.63) is 172 Å². The van der Waals surface area contributed by atoms with E-state index in [-0.39, 0.29) is 5.69 Å². The van der Waals surface area contributed by atoms with Crippen LogP contribution in [0, 0.1) is 10.1 Å². The molecule has 2 atom stereocenters. The summed E-state index contributed by atoms with van der Waals surface area (Å²) in [6, 6.07) is 46.1. The van der Waals surface area contributed by atoms with Gasteiger partial charge < -0.3 is 9.80 Å². The molecule has 2 aliphatic rings. The normalized spacial score (nSPS) is 21.0. The molecule has 5 aromatic carbocycles. The third-order valence-corrected chi connectivity index (χ3v) is 8.03. The molecule has 9 heteroatoms. The highest BCUT2D eigenvalue weighted by molar-refractivity contribution is 7.80. The monoisotopic (exact) mass is 568 g/mol. The van der Waals surface area contributed by atoms with E-state index in [1.807, 2.05) is 126 Å². The predicted octanol–water partition coefficient (Wildman–Crippen LogP) is 8.01.